The molecule has 1 aliphatic rings. The second kappa shape index (κ2) is 5.18. The van der Waals surface area contributed by atoms with E-state index in [2.05, 4.69) is 17.0 Å². The first kappa shape index (κ1) is 11.2. The van der Waals surface area contributed by atoms with E-state index in [-0.39, 0.29) is 0 Å². The number of nitrogens with zero attached hydrogens (tertiary/aromatic N) is 3. The van der Waals surface area contributed by atoms with Gasteiger partial charge < -0.3 is 4.90 Å². The maximum atomic E-state index is 8.82. The third kappa shape index (κ3) is 2.46. The van der Waals surface area contributed by atoms with E-state index in [0.717, 1.165) is 31.5 Å². The minimum Gasteiger partial charge on any atom is -0.371 e. The Balaban J connectivity index is 2.08. The van der Waals surface area contributed by atoms with Crippen LogP contribution in [-0.2, 0) is 0 Å². The Bertz CT molecular complexity index is 477. The number of allylic oxidation sites excluding steroid dienone is 1. The van der Waals surface area contributed by atoms with E-state index in [0.29, 0.717) is 5.57 Å². The van der Waals surface area contributed by atoms with Gasteiger partial charge >= 0.3 is 0 Å². The smallest absolute Gasteiger partial charge is 0.129 e. The molecule has 17 heavy (non-hydrogen) atoms. The van der Waals surface area contributed by atoms with E-state index in [4.69, 9.17) is 10.5 Å². The Morgan fingerprint density at radius 1 is 1.00 bits per heavy atom. The molecular formula is C14H13N3. The largest absolute Gasteiger partial charge is 0.371 e. The first-order valence-electron chi connectivity index (χ1n) is 5.67. The molecule has 0 aliphatic carbocycles. The summed E-state index contributed by atoms with van der Waals surface area (Å²) in [7, 11) is 0. The van der Waals surface area contributed by atoms with Crippen molar-refractivity contribution in [3.8, 4) is 12.1 Å². The molecule has 1 aromatic rings. The number of para-hydroxylation sites is 1. The molecular weight excluding hydrogens is 210 g/mol. The van der Waals surface area contributed by atoms with Gasteiger partial charge in [0.1, 0.15) is 17.7 Å². The van der Waals surface area contributed by atoms with Crippen molar-refractivity contribution in [1.82, 2.24) is 0 Å². The van der Waals surface area contributed by atoms with Crippen molar-refractivity contribution in [2.45, 2.75) is 12.8 Å². The van der Waals surface area contributed by atoms with Crippen LogP contribution in [0.3, 0.4) is 0 Å². The molecule has 0 bridgehead atoms. The monoisotopic (exact) mass is 223 g/mol. The normalized spacial score (nSPS) is 14.9. The molecule has 3 nitrogen and oxygen atoms in total. The van der Waals surface area contributed by atoms with E-state index in [1.807, 2.05) is 30.3 Å². The Morgan fingerprint density at radius 3 is 2.12 bits per heavy atom. The van der Waals surface area contributed by atoms with Crippen LogP contribution in [0.1, 0.15) is 12.8 Å². The van der Waals surface area contributed by atoms with E-state index >= 15 is 0 Å². The predicted octanol–water partition coefficient (Wildman–Crippen LogP) is 2.63. The summed E-state index contributed by atoms with van der Waals surface area (Å²) in [6.07, 6.45) is 1.62. The topological polar surface area (TPSA) is 50.8 Å². The second-order valence-corrected chi connectivity index (χ2v) is 4.02. The van der Waals surface area contributed by atoms with Crippen molar-refractivity contribution >= 4 is 5.69 Å². The molecule has 0 atom stereocenters. The summed E-state index contributed by atoms with van der Waals surface area (Å²) in [6, 6.07) is 14.2. The van der Waals surface area contributed by atoms with Crippen molar-refractivity contribution in [2.75, 3.05) is 18.0 Å². The Hall–Kier alpha value is -2.26. The minimum atomic E-state index is 0.303. The molecule has 0 spiro atoms. The molecule has 1 fully saturated rings. The van der Waals surface area contributed by atoms with Gasteiger partial charge in [-0.15, -0.1) is 0 Å². The fourth-order valence-corrected chi connectivity index (χ4v) is 2.11. The Kier molecular flexibility index (Phi) is 3.43. The van der Waals surface area contributed by atoms with Gasteiger partial charge in [-0.1, -0.05) is 18.2 Å². The molecule has 1 saturated heterocycles. The van der Waals surface area contributed by atoms with Gasteiger partial charge in [-0.3, -0.25) is 0 Å². The fraction of sp³-hybridized carbons (Fsp3) is 0.286. The fourth-order valence-electron chi connectivity index (χ4n) is 2.11. The van der Waals surface area contributed by atoms with Crippen LogP contribution in [0, 0.1) is 22.7 Å². The van der Waals surface area contributed by atoms with Gasteiger partial charge in [-0.25, -0.2) is 0 Å². The summed E-state index contributed by atoms with van der Waals surface area (Å²) in [6.45, 7) is 1.76. The SMILES string of the molecule is N#CC(C#N)=C1CCN(c2ccccc2)CC1. The van der Waals surface area contributed by atoms with Gasteiger partial charge in [0.15, 0.2) is 0 Å². The maximum absolute atomic E-state index is 8.82. The lowest BCUT2D eigenvalue weighted by Gasteiger charge is -2.30. The lowest BCUT2D eigenvalue weighted by molar-refractivity contribution is 0.682. The zero-order valence-electron chi connectivity index (χ0n) is 9.56. The number of anilines is 1. The van der Waals surface area contributed by atoms with E-state index in [9.17, 15) is 0 Å². The first-order valence-corrected chi connectivity index (χ1v) is 5.67. The van der Waals surface area contributed by atoms with Crippen molar-refractivity contribution < 1.29 is 0 Å². The molecule has 0 radical (unpaired) electrons. The average molecular weight is 223 g/mol. The number of benzene rings is 1. The molecule has 0 unspecified atom stereocenters. The summed E-state index contributed by atoms with van der Waals surface area (Å²) in [5.74, 6) is 0. The summed E-state index contributed by atoms with van der Waals surface area (Å²) < 4.78 is 0. The molecule has 2 rings (SSSR count). The maximum Gasteiger partial charge on any atom is 0.129 e. The quantitative estimate of drug-likeness (QED) is 0.688. The van der Waals surface area contributed by atoms with Crippen LogP contribution in [0.15, 0.2) is 41.5 Å². The highest BCUT2D eigenvalue weighted by molar-refractivity contribution is 5.49. The summed E-state index contributed by atoms with van der Waals surface area (Å²) in [5.41, 5.74) is 2.52. The Labute approximate surface area is 101 Å². The summed E-state index contributed by atoms with van der Waals surface area (Å²) in [4.78, 5) is 2.29. The average Bonchev–Trinajstić information content (AvgIpc) is 2.42. The summed E-state index contributed by atoms with van der Waals surface area (Å²) >= 11 is 0. The molecule has 0 saturated carbocycles. The highest BCUT2D eigenvalue weighted by Crippen LogP contribution is 2.24. The van der Waals surface area contributed by atoms with E-state index in [1.165, 1.54) is 5.69 Å². The van der Waals surface area contributed by atoms with Crippen molar-refractivity contribution in [3.63, 3.8) is 0 Å². The number of hydrogen-bond acceptors (Lipinski definition) is 3. The van der Waals surface area contributed by atoms with Crippen LogP contribution in [-0.4, -0.2) is 13.1 Å². The molecule has 0 amide bonds. The highest BCUT2D eigenvalue weighted by atomic mass is 15.1. The van der Waals surface area contributed by atoms with Gasteiger partial charge in [0.25, 0.3) is 0 Å². The molecule has 1 heterocycles. The predicted molar refractivity (Wildman–Crippen MR) is 66.1 cm³/mol. The molecule has 84 valence electrons. The van der Waals surface area contributed by atoms with Gasteiger partial charge in [-0.05, 0) is 30.5 Å². The van der Waals surface area contributed by atoms with Crippen LogP contribution in [0.2, 0.25) is 0 Å². The Morgan fingerprint density at radius 2 is 1.59 bits per heavy atom. The van der Waals surface area contributed by atoms with E-state index < -0.39 is 0 Å². The van der Waals surface area contributed by atoms with Gasteiger partial charge in [-0.2, -0.15) is 10.5 Å². The van der Waals surface area contributed by atoms with Crippen LogP contribution >= 0.6 is 0 Å². The lowest BCUT2D eigenvalue weighted by atomic mass is 9.99. The third-order valence-electron chi connectivity index (χ3n) is 3.07. The molecule has 0 aromatic heterocycles. The third-order valence-corrected chi connectivity index (χ3v) is 3.07. The zero-order valence-corrected chi connectivity index (χ0v) is 9.56. The van der Waals surface area contributed by atoms with Crippen LogP contribution in [0.25, 0.3) is 0 Å². The number of hydrogen-bond donors (Lipinski definition) is 0. The molecule has 0 N–H and O–H groups in total. The number of rotatable bonds is 1. The standard InChI is InChI=1S/C14H13N3/c15-10-13(11-16)12-6-8-17(9-7-12)14-4-2-1-3-5-14/h1-5H,6-9H2. The van der Waals surface area contributed by atoms with Crippen molar-refractivity contribution in [3.05, 3.63) is 41.5 Å². The number of piperidine rings is 1. The molecule has 1 aromatic carbocycles. The molecule has 1 aliphatic heterocycles. The van der Waals surface area contributed by atoms with Crippen LogP contribution in [0.5, 0.6) is 0 Å². The van der Waals surface area contributed by atoms with Crippen molar-refractivity contribution in [2.24, 2.45) is 0 Å². The van der Waals surface area contributed by atoms with E-state index in [1.54, 1.807) is 0 Å². The molecule has 3 heteroatoms. The highest BCUT2D eigenvalue weighted by Gasteiger charge is 2.16. The van der Waals surface area contributed by atoms with Crippen molar-refractivity contribution in [1.29, 1.82) is 10.5 Å². The minimum absolute atomic E-state index is 0.303. The lowest BCUT2D eigenvalue weighted by Crippen LogP contribution is -2.30. The number of nitriles is 2. The second-order valence-electron chi connectivity index (χ2n) is 4.02. The first-order chi connectivity index (χ1) is 8.35. The summed E-state index contributed by atoms with van der Waals surface area (Å²) in [5, 5.41) is 17.6. The zero-order chi connectivity index (χ0) is 12.1. The van der Waals surface area contributed by atoms with Crippen LogP contribution < -0.4 is 4.90 Å². The van der Waals surface area contributed by atoms with Gasteiger partial charge in [0.05, 0.1) is 0 Å². The van der Waals surface area contributed by atoms with Gasteiger partial charge in [0, 0.05) is 18.8 Å². The van der Waals surface area contributed by atoms with Gasteiger partial charge in [0.2, 0.25) is 0 Å². The van der Waals surface area contributed by atoms with Crippen LogP contribution in [0.4, 0.5) is 5.69 Å².